The Labute approximate surface area is 134 Å². The molecule has 0 saturated carbocycles. The molecule has 0 unspecified atom stereocenters. The second-order valence-electron chi connectivity index (χ2n) is 5.02. The highest BCUT2D eigenvalue weighted by molar-refractivity contribution is 7.86. The molecule has 2 heterocycles. The third kappa shape index (κ3) is 5.22. The average Bonchev–Trinajstić information content (AvgIpc) is 3.10. The zero-order valence-corrected chi connectivity index (χ0v) is 13.4. The molecule has 1 amide bonds. The molecule has 9 heteroatoms. The van der Waals surface area contributed by atoms with Crippen LogP contribution in [0.3, 0.4) is 0 Å². The molecule has 0 spiro atoms. The van der Waals surface area contributed by atoms with E-state index in [0.29, 0.717) is 12.2 Å². The molecule has 1 saturated heterocycles. The Balaban J connectivity index is 2.10. The van der Waals surface area contributed by atoms with Crippen LogP contribution in [-0.4, -0.2) is 56.1 Å². The fourth-order valence-corrected chi connectivity index (χ4v) is 2.90. The van der Waals surface area contributed by atoms with Crippen LogP contribution in [0.25, 0.3) is 6.08 Å². The second-order valence-corrected chi connectivity index (χ2v) is 6.62. The third-order valence-corrected chi connectivity index (χ3v) is 3.74. The van der Waals surface area contributed by atoms with E-state index < -0.39 is 22.3 Å². The molecule has 2 rings (SSSR count). The largest absolute Gasteiger partial charge is 0.445 e. The zero-order chi connectivity index (χ0) is 16.9. The number of rotatable bonds is 6. The minimum atomic E-state index is -3.60. The van der Waals surface area contributed by atoms with Crippen LogP contribution < -0.4 is 0 Å². The Hall–Kier alpha value is -2.13. The molecular formula is C14H18N2O6S. The van der Waals surface area contributed by atoms with Gasteiger partial charge in [0, 0.05) is 12.5 Å². The van der Waals surface area contributed by atoms with Crippen molar-refractivity contribution in [1.29, 1.82) is 0 Å². The summed E-state index contributed by atoms with van der Waals surface area (Å²) in [5.74, 6) is 0.525. The van der Waals surface area contributed by atoms with Crippen molar-refractivity contribution in [3.8, 4) is 0 Å². The van der Waals surface area contributed by atoms with E-state index in [9.17, 15) is 13.2 Å². The number of likely N-dealkylation sites (tertiary alicyclic amines) is 1. The molecule has 0 N–H and O–H groups in total. The predicted molar refractivity (Wildman–Crippen MR) is 81.9 cm³/mol. The van der Waals surface area contributed by atoms with E-state index in [2.05, 4.69) is 11.7 Å². The minimum absolute atomic E-state index is 0.0749. The van der Waals surface area contributed by atoms with Gasteiger partial charge >= 0.3 is 6.09 Å². The van der Waals surface area contributed by atoms with Gasteiger partial charge in [-0.1, -0.05) is 23.9 Å². The molecule has 1 aromatic heterocycles. The summed E-state index contributed by atoms with van der Waals surface area (Å²) in [4.78, 5) is 13.5. The molecule has 0 aliphatic carbocycles. The molecular weight excluding hydrogens is 324 g/mol. The first-order valence-corrected chi connectivity index (χ1v) is 8.72. The molecule has 126 valence electrons. The lowest BCUT2D eigenvalue weighted by molar-refractivity contribution is 0.109. The smallest absolute Gasteiger partial charge is 0.410 e. The maximum atomic E-state index is 12.1. The summed E-state index contributed by atoms with van der Waals surface area (Å²) in [5, 5.41) is 3.58. The van der Waals surface area contributed by atoms with Gasteiger partial charge < -0.3 is 9.26 Å². The molecule has 0 aromatic carbocycles. The lowest BCUT2D eigenvalue weighted by Crippen LogP contribution is -2.35. The standard InChI is InChI=1S/C14H18N2O6S/c1-3-8-20-14(17)16-10-13(22-23(2,18)19)9-11(16)4-5-12-6-7-15-21-12/h3-7,11,13H,1,8-10H2,2H3/b5-4-/t11-,13-/m1/s1. The minimum Gasteiger partial charge on any atom is -0.445 e. The molecule has 0 bridgehead atoms. The highest BCUT2D eigenvalue weighted by atomic mass is 32.2. The highest BCUT2D eigenvalue weighted by Crippen LogP contribution is 2.24. The van der Waals surface area contributed by atoms with Crippen LogP contribution in [0.2, 0.25) is 0 Å². The quantitative estimate of drug-likeness (QED) is 0.569. The van der Waals surface area contributed by atoms with E-state index in [1.807, 2.05) is 0 Å². The van der Waals surface area contributed by atoms with Gasteiger partial charge in [-0.05, 0) is 6.08 Å². The first-order valence-electron chi connectivity index (χ1n) is 6.90. The van der Waals surface area contributed by atoms with Gasteiger partial charge in [-0.15, -0.1) is 0 Å². The molecule has 23 heavy (non-hydrogen) atoms. The molecule has 1 fully saturated rings. The summed E-state index contributed by atoms with van der Waals surface area (Å²) < 4.78 is 37.5. The Morgan fingerprint density at radius 2 is 2.39 bits per heavy atom. The first-order chi connectivity index (χ1) is 10.9. The van der Waals surface area contributed by atoms with E-state index in [4.69, 9.17) is 13.4 Å². The number of hydrogen-bond donors (Lipinski definition) is 0. The van der Waals surface area contributed by atoms with Gasteiger partial charge in [0.25, 0.3) is 10.1 Å². The van der Waals surface area contributed by atoms with Crippen molar-refractivity contribution < 1.29 is 26.7 Å². The van der Waals surface area contributed by atoms with Gasteiger partial charge in [0.05, 0.1) is 31.1 Å². The summed E-state index contributed by atoms with van der Waals surface area (Å²) >= 11 is 0. The van der Waals surface area contributed by atoms with E-state index >= 15 is 0 Å². The normalized spacial score (nSPS) is 21.7. The summed E-state index contributed by atoms with van der Waals surface area (Å²) in [7, 11) is -3.60. The first kappa shape index (κ1) is 17.2. The Bertz CT molecular complexity index is 667. The number of nitrogens with zero attached hydrogens (tertiary/aromatic N) is 2. The van der Waals surface area contributed by atoms with Crippen molar-refractivity contribution in [2.24, 2.45) is 0 Å². The van der Waals surface area contributed by atoms with Crippen molar-refractivity contribution in [2.45, 2.75) is 18.6 Å². The fourth-order valence-electron chi connectivity index (χ4n) is 2.27. The van der Waals surface area contributed by atoms with Crippen LogP contribution >= 0.6 is 0 Å². The lowest BCUT2D eigenvalue weighted by atomic mass is 10.2. The van der Waals surface area contributed by atoms with Crippen LogP contribution in [-0.2, 0) is 19.0 Å². The summed E-state index contributed by atoms with van der Waals surface area (Å²) in [6, 6.07) is 1.29. The molecule has 1 aromatic rings. The van der Waals surface area contributed by atoms with Crippen LogP contribution in [0.1, 0.15) is 12.2 Å². The number of amides is 1. The molecule has 8 nitrogen and oxygen atoms in total. The van der Waals surface area contributed by atoms with Crippen LogP contribution in [0.5, 0.6) is 0 Å². The maximum Gasteiger partial charge on any atom is 0.410 e. The summed E-state index contributed by atoms with van der Waals surface area (Å²) in [5.41, 5.74) is 0. The lowest BCUT2D eigenvalue weighted by Gasteiger charge is -2.20. The number of aromatic nitrogens is 1. The van der Waals surface area contributed by atoms with Crippen LogP contribution in [0.4, 0.5) is 4.79 Å². The molecule has 1 aliphatic heterocycles. The Kier molecular flexibility index (Phi) is 5.56. The number of carbonyl (C=O) groups is 1. The summed E-state index contributed by atoms with van der Waals surface area (Å²) in [6.45, 7) is 3.67. The Morgan fingerprint density at radius 3 is 3.00 bits per heavy atom. The summed E-state index contributed by atoms with van der Waals surface area (Å²) in [6.07, 6.45) is 6.47. The monoisotopic (exact) mass is 342 g/mol. The SMILES string of the molecule is C=CCOC(=O)N1C[C@H](OS(C)(=O)=O)C[C@H]1/C=C\c1ccno1. The van der Waals surface area contributed by atoms with Crippen molar-refractivity contribution >= 4 is 22.3 Å². The molecule has 0 radical (unpaired) electrons. The topological polar surface area (TPSA) is 98.9 Å². The van der Waals surface area contributed by atoms with Gasteiger partial charge in [0.15, 0.2) is 5.76 Å². The van der Waals surface area contributed by atoms with E-state index in [1.54, 1.807) is 18.2 Å². The van der Waals surface area contributed by atoms with Gasteiger partial charge in [0.1, 0.15) is 6.61 Å². The average molecular weight is 342 g/mol. The predicted octanol–water partition coefficient (Wildman–Crippen LogP) is 1.43. The number of hydrogen-bond acceptors (Lipinski definition) is 7. The fraction of sp³-hybridized carbons (Fsp3) is 0.429. The van der Waals surface area contributed by atoms with Gasteiger partial charge in [-0.2, -0.15) is 8.42 Å². The number of ether oxygens (including phenoxy) is 1. The second kappa shape index (κ2) is 7.42. The number of carbonyl (C=O) groups excluding carboxylic acids is 1. The van der Waals surface area contributed by atoms with Crippen LogP contribution in [0.15, 0.2) is 35.5 Å². The zero-order valence-electron chi connectivity index (χ0n) is 12.6. The Morgan fingerprint density at radius 1 is 1.61 bits per heavy atom. The van der Waals surface area contributed by atoms with Crippen molar-refractivity contribution in [1.82, 2.24) is 10.1 Å². The van der Waals surface area contributed by atoms with Gasteiger partial charge in [-0.3, -0.25) is 9.08 Å². The van der Waals surface area contributed by atoms with Crippen LogP contribution in [0, 0.1) is 0 Å². The molecule has 1 aliphatic rings. The highest BCUT2D eigenvalue weighted by Gasteiger charge is 2.37. The van der Waals surface area contributed by atoms with Gasteiger partial charge in [0.2, 0.25) is 0 Å². The van der Waals surface area contributed by atoms with Crippen molar-refractivity contribution in [3.63, 3.8) is 0 Å². The van der Waals surface area contributed by atoms with E-state index in [-0.39, 0.29) is 19.2 Å². The van der Waals surface area contributed by atoms with Gasteiger partial charge in [-0.25, -0.2) is 4.79 Å². The molecule has 2 atom stereocenters. The van der Waals surface area contributed by atoms with Crippen molar-refractivity contribution in [2.75, 3.05) is 19.4 Å². The third-order valence-electron chi connectivity index (χ3n) is 3.12. The van der Waals surface area contributed by atoms with E-state index in [0.717, 1.165) is 6.26 Å². The van der Waals surface area contributed by atoms with Crippen molar-refractivity contribution in [3.05, 3.63) is 36.8 Å². The van der Waals surface area contributed by atoms with E-state index in [1.165, 1.54) is 17.2 Å². The maximum absolute atomic E-state index is 12.1.